The molecular weight excluding hydrogens is 476 g/mol. The van der Waals surface area contributed by atoms with Gasteiger partial charge in [0.15, 0.2) is 0 Å². The van der Waals surface area contributed by atoms with Crippen LogP contribution in [-0.2, 0) is 32.1 Å². The van der Waals surface area contributed by atoms with Crippen LogP contribution in [-0.4, -0.2) is 37.7 Å². The van der Waals surface area contributed by atoms with Crippen molar-refractivity contribution in [1.82, 2.24) is 10.6 Å². The molecule has 0 spiro atoms. The Morgan fingerprint density at radius 2 is 1.69 bits per heavy atom. The molecule has 2 rings (SSSR count). The number of hydrogen-bond acceptors (Lipinski definition) is 5. The van der Waals surface area contributed by atoms with E-state index in [9.17, 15) is 14.4 Å². The molecule has 32 heavy (non-hydrogen) atoms. The zero-order chi connectivity index (χ0) is 23.2. The number of unbranched alkanes of at least 4 members (excludes halogenated alkanes) is 2. The van der Waals surface area contributed by atoms with Crippen LogP contribution in [0.1, 0.15) is 36.8 Å². The van der Waals surface area contributed by atoms with Crippen LogP contribution in [0.25, 0.3) is 0 Å². The number of ether oxygens (including phenoxy) is 2. The molecule has 0 fully saturated rings. The summed E-state index contributed by atoms with van der Waals surface area (Å²) >= 11 is 3.46. The summed E-state index contributed by atoms with van der Waals surface area (Å²) in [6, 6.07) is 16.3. The minimum Gasteiger partial charge on any atom is -0.467 e. The number of methoxy groups -OCH3 is 1. The third-order valence-electron chi connectivity index (χ3n) is 4.77. The maximum absolute atomic E-state index is 12.3. The Morgan fingerprint density at radius 3 is 2.41 bits per heavy atom. The Kier molecular flexibility index (Phi) is 11.3. The van der Waals surface area contributed by atoms with Crippen molar-refractivity contribution in [3.8, 4) is 0 Å². The van der Waals surface area contributed by atoms with Crippen LogP contribution in [0.5, 0.6) is 0 Å². The van der Waals surface area contributed by atoms with Crippen molar-refractivity contribution in [3.05, 3.63) is 70.2 Å². The van der Waals surface area contributed by atoms with Crippen LogP contribution in [0.4, 0.5) is 4.79 Å². The fourth-order valence-corrected chi connectivity index (χ4v) is 3.48. The first kappa shape index (κ1) is 25.4. The van der Waals surface area contributed by atoms with E-state index in [1.54, 1.807) is 0 Å². The monoisotopic (exact) mass is 504 g/mol. The van der Waals surface area contributed by atoms with E-state index in [0.29, 0.717) is 25.8 Å². The van der Waals surface area contributed by atoms with Crippen molar-refractivity contribution in [2.24, 2.45) is 0 Å². The average molecular weight is 505 g/mol. The molecule has 1 atom stereocenters. The van der Waals surface area contributed by atoms with Gasteiger partial charge in [0.05, 0.1) is 7.11 Å². The third kappa shape index (κ3) is 9.51. The molecule has 2 aromatic carbocycles. The first-order chi connectivity index (χ1) is 15.5. The second-order valence-electron chi connectivity index (χ2n) is 7.24. The highest BCUT2D eigenvalue weighted by molar-refractivity contribution is 9.10. The van der Waals surface area contributed by atoms with E-state index in [0.717, 1.165) is 28.4 Å². The molecule has 0 radical (unpaired) electrons. The lowest BCUT2D eigenvalue weighted by Gasteiger charge is -2.17. The number of hydrogen-bond donors (Lipinski definition) is 2. The van der Waals surface area contributed by atoms with Gasteiger partial charge in [-0.15, -0.1) is 0 Å². The molecule has 0 aliphatic carbocycles. The molecule has 172 valence electrons. The Balaban J connectivity index is 1.62. The summed E-state index contributed by atoms with van der Waals surface area (Å²) in [5.74, 6) is -0.685. The van der Waals surface area contributed by atoms with Gasteiger partial charge in [-0.05, 0) is 30.0 Å². The Labute approximate surface area is 197 Å². The van der Waals surface area contributed by atoms with Gasteiger partial charge < -0.3 is 20.1 Å². The fourth-order valence-electron chi connectivity index (χ4n) is 3.04. The molecule has 0 saturated carbocycles. The second kappa shape index (κ2) is 14.2. The van der Waals surface area contributed by atoms with E-state index >= 15 is 0 Å². The maximum atomic E-state index is 12.3. The smallest absolute Gasteiger partial charge is 0.407 e. The molecule has 0 bridgehead atoms. The van der Waals surface area contributed by atoms with Gasteiger partial charge in [0.25, 0.3) is 0 Å². The predicted molar refractivity (Wildman–Crippen MR) is 125 cm³/mol. The van der Waals surface area contributed by atoms with E-state index in [4.69, 9.17) is 9.47 Å². The number of benzene rings is 2. The highest BCUT2D eigenvalue weighted by atomic mass is 79.9. The largest absolute Gasteiger partial charge is 0.467 e. The SMILES string of the molecule is COC(=O)[C@@H](Cc1ccccc1Br)NC(=O)CCCCCNC(=O)OCc1ccccc1. The topological polar surface area (TPSA) is 93.7 Å². The highest BCUT2D eigenvalue weighted by Gasteiger charge is 2.22. The molecule has 2 aromatic rings. The second-order valence-corrected chi connectivity index (χ2v) is 8.09. The van der Waals surface area contributed by atoms with Crippen LogP contribution in [0.15, 0.2) is 59.1 Å². The fraction of sp³-hybridized carbons (Fsp3) is 0.375. The Hall–Kier alpha value is -2.87. The van der Waals surface area contributed by atoms with Crippen LogP contribution < -0.4 is 10.6 Å². The number of carbonyl (C=O) groups is 3. The van der Waals surface area contributed by atoms with Crippen molar-refractivity contribution in [1.29, 1.82) is 0 Å². The van der Waals surface area contributed by atoms with E-state index in [1.807, 2.05) is 54.6 Å². The van der Waals surface area contributed by atoms with Gasteiger partial charge in [0.1, 0.15) is 12.6 Å². The van der Waals surface area contributed by atoms with Crippen LogP contribution >= 0.6 is 15.9 Å². The number of esters is 1. The van der Waals surface area contributed by atoms with Crippen molar-refractivity contribution >= 4 is 33.9 Å². The summed E-state index contributed by atoms with van der Waals surface area (Å²) in [7, 11) is 1.30. The number of amides is 2. The summed E-state index contributed by atoms with van der Waals surface area (Å²) in [6.45, 7) is 0.704. The molecule has 2 amide bonds. The maximum Gasteiger partial charge on any atom is 0.407 e. The molecule has 7 nitrogen and oxygen atoms in total. The van der Waals surface area contributed by atoms with Gasteiger partial charge in [0.2, 0.25) is 5.91 Å². The Bertz CT molecular complexity index is 876. The molecule has 0 heterocycles. The number of carbonyl (C=O) groups excluding carboxylic acids is 3. The lowest BCUT2D eigenvalue weighted by Crippen LogP contribution is -2.43. The molecule has 0 aliphatic heterocycles. The van der Waals surface area contributed by atoms with E-state index in [-0.39, 0.29) is 12.5 Å². The van der Waals surface area contributed by atoms with Gasteiger partial charge in [-0.2, -0.15) is 0 Å². The van der Waals surface area contributed by atoms with Gasteiger partial charge in [-0.3, -0.25) is 4.79 Å². The summed E-state index contributed by atoms with van der Waals surface area (Å²) in [5.41, 5.74) is 1.84. The lowest BCUT2D eigenvalue weighted by atomic mass is 10.1. The molecule has 0 aliphatic rings. The van der Waals surface area contributed by atoms with Crippen molar-refractivity contribution in [2.45, 2.75) is 44.8 Å². The number of alkyl carbamates (subject to hydrolysis) is 1. The van der Waals surface area contributed by atoms with Crippen molar-refractivity contribution in [3.63, 3.8) is 0 Å². The predicted octanol–water partition coefficient (Wildman–Crippen LogP) is 4.14. The average Bonchev–Trinajstić information content (AvgIpc) is 2.81. The zero-order valence-electron chi connectivity index (χ0n) is 18.1. The van der Waals surface area contributed by atoms with E-state index < -0.39 is 18.1 Å². The Morgan fingerprint density at radius 1 is 0.969 bits per heavy atom. The summed E-state index contributed by atoms with van der Waals surface area (Å²) in [5, 5.41) is 5.46. The van der Waals surface area contributed by atoms with E-state index in [2.05, 4.69) is 26.6 Å². The first-order valence-corrected chi connectivity index (χ1v) is 11.3. The van der Waals surface area contributed by atoms with E-state index in [1.165, 1.54) is 7.11 Å². The summed E-state index contributed by atoms with van der Waals surface area (Å²) in [4.78, 5) is 36.1. The van der Waals surface area contributed by atoms with Crippen molar-refractivity contribution < 1.29 is 23.9 Å². The van der Waals surface area contributed by atoms with Gasteiger partial charge >= 0.3 is 12.1 Å². The third-order valence-corrected chi connectivity index (χ3v) is 5.54. The number of halogens is 1. The summed E-state index contributed by atoms with van der Waals surface area (Å²) < 4.78 is 10.9. The molecule has 0 aromatic heterocycles. The molecule has 0 unspecified atom stereocenters. The zero-order valence-corrected chi connectivity index (χ0v) is 19.7. The molecular formula is C24H29BrN2O5. The van der Waals surface area contributed by atoms with Crippen LogP contribution in [0.2, 0.25) is 0 Å². The lowest BCUT2D eigenvalue weighted by molar-refractivity contribution is -0.145. The highest BCUT2D eigenvalue weighted by Crippen LogP contribution is 2.18. The van der Waals surface area contributed by atoms with Crippen molar-refractivity contribution in [2.75, 3.05) is 13.7 Å². The van der Waals surface area contributed by atoms with Crippen LogP contribution in [0, 0.1) is 0 Å². The molecule has 0 saturated heterocycles. The minimum atomic E-state index is -0.743. The number of rotatable bonds is 12. The number of nitrogens with one attached hydrogen (secondary N) is 2. The van der Waals surface area contributed by atoms with Gasteiger partial charge in [0, 0.05) is 23.9 Å². The van der Waals surface area contributed by atoms with Gasteiger partial charge in [-0.25, -0.2) is 9.59 Å². The summed E-state index contributed by atoms with van der Waals surface area (Å²) in [6.07, 6.45) is 2.32. The first-order valence-electron chi connectivity index (χ1n) is 10.5. The van der Waals surface area contributed by atoms with Gasteiger partial charge in [-0.1, -0.05) is 70.9 Å². The normalized spacial score (nSPS) is 11.3. The molecule has 8 heteroatoms. The standard InChI is InChI=1S/C24H29BrN2O5/c1-31-23(29)21(16-19-12-7-8-13-20(19)25)27-22(28)14-6-3-9-15-26-24(30)32-17-18-10-4-2-5-11-18/h2,4-5,7-8,10-13,21H,3,6,9,14-17H2,1H3,(H,26,30)(H,27,28)/t21-/m1/s1. The molecule has 2 N–H and O–H groups in total. The van der Waals surface area contributed by atoms with Crippen LogP contribution in [0.3, 0.4) is 0 Å². The minimum absolute atomic E-state index is 0.206. The quantitative estimate of drug-likeness (QED) is 0.334.